The van der Waals surface area contributed by atoms with E-state index in [1.165, 1.54) is 0 Å². The minimum absolute atomic E-state index is 0.0533. The number of nitrogens with two attached hydrogens (primary N) is 2. The van der Waals surface area contributed by atoms with Crippen molar-refractivity contribution < 1.29 is 4.42 Å². The molecule has 0 amide bonds. The highest BCUT2D eigenvalue weighted by atomic mass is 16.3. The first kappa shape index (κ1) is 9.29. The Morgan fingerprint density at radius 2 is 2.17 bits per heavy atom. The third kappa shape index (κ3) is 1.87. The predicted octanol–water partition coefficient (Wildman–Crippen LogP) is 1.25. The Bertz CT molecular complexity index is 236. The van der Waals surface area contributed by atoms with E-state index in [1.807, 2.05) is 19.9 Å². The van der Waals surface area contributed by atoms with E-state index in [1.54, 1.807) is 0 Å². The summed E-state index contributed by atoms with van der Waals surface area (Å²) in [4.78, 5) is 0. The number of hydrogen-bond donors (Lipinski definition) is 2. The quantitative estimate of drug-likeness (QED) is 0.713. The molecular weight excluding hydrogens is 152 g/mol. The average Bonchev–Trinajstić information content (AvgIpc) is 2.33. The van der Waals surface area contributed by atoms with Gasteiger partial charge in [0.1, 0.15) is 11.5 Å². The van der Waals surface area contributed by atoms with Crippen molar-refractivity contribution in [2.45, 2.75) is 26.3 Å². The van der Waals surface area contributed by atoms with Gasteiger partial charge in [-0.1, -0.05) is 0 Å². The molecule has 0 aromatic carbocycles. The van der Waals surface area contributed by atoms with Crippen LogP contribution >= 0.6 is 0 Å². The van der Waals surface area contributed by atoms with Gasteiger partial charge in [0.05, 0.1) is 6.04 Å². The molecule has 68 valence electrons. The zero-order chi connectivity index (χ0) is 9.14. The molecule has 3 heteroatoms. The molecule has 1 rings (SSSR count). The van der Waals surface area contributed by atoms with E-state index in [0.717, 1.165) is 23.5 Å². The van der Waals surface area contributed by atoms with Crippen LogP contribution in [0.15, 0.2) is 10.5 Å². The second-order valence-electron chi connectivity index (χ2n) is 3.07. The van der Waals surface area contributed by atoms with Crippen LogP contribution in [0, 0.1) is 13.8 Å². The smallest absolute Gasteiger partial charge is 0.121 e. The Balaban J connectivity index is 2.74. The van der Waals surface area contributed by atoms with Crippen molar-refractivity contribution in [2.24, 2.45) is 11.5 Å². The van der Waals surface area contributed by atoms with Crippen LogP contribution in [0.2, 0.25) is 0 Å². The molecule has 3 nitrogen and oxygen atoms in total. The molecule has 1 aromatic rings. The summed E-state index contributed by atoms with van der Waals surface area (Å²) in [7, 11) is 0. The first-order chi connectivity index (χ1) is 5.65. The van der Waals surface area contributed by atoms with Gasteiger partial charge in [0, 0.05) is 0 Å². The first-order valence-electron chi connectivity index (χ1n) is 4.17. The molecular formula is C9H16N2O. The molecule has 0 aliphatic heterocycles. The lowest BCUT2D eigenvalue weighted by molar-refractivity contribution is 0.436. The summed E-state index contributed by atoms with van der Waals surface area (Å²) in [5.74, 6) is 1.79. The van der Waals surface area contributed by atoms with Gasteiger partial charge in [0.25, 0.3) is 0 Å². The van der Waals surface area contributed by atoms with E-state index in [-0.39, 0.29) is 6.04 Å². The van der Waals surface area contributed by atoms with Crippen LogP contribution in [0.4, 0.5) is 0 Å². The highest BCUT2D eigenvalue weighted by Gasteiger charge is 2.10. The van der Waals surface area contributed by atoms with Crippen LogP contribution in [-0.4, -0.2) is 6.54 Å². The Kier molecular flexibility index (Phi) is 2.89. The average molecular weight is 168 g/mol. The monoisotopic (exact) mass is 168 g/mol. The standard InChI is InChI=1S/C9H16N2O/c1-6-5-9(12-7(6)2)8(11)3-4-10/h5,8H,3-4,10-11H2,1-2H3/t8-/m1/s1. The molecule has 1 atom stereocenters. The minimum atomic E-state index is -0.0533. The Morgan fingerprint density at radius 3 is 2.58 bits per heavy atom. The molecule has 0 aliphatic carbocycles. The van der Waals surface area contributed by atoms with Crippen molar-refractivity contribution in [2.75, 3.05) is 6.54 Å². The topological polar surface area (TPSA) is 65.2 Å². The fraction of sp³-hybridized carbons (Fsp3) is 0.556. The Morgan fingerprint density at radius 1 is 1.50 bits per heavy atom. The molecule has 0 saturated carbocycles. The maximum atomic E-state index is 5.81. The number of furan rings is 1. The fourth-order valence-electron chi connectivity index (χ4n) is 1.11. The molecule has 1 aromatic heterocycles. The van der Waals surface area contributed by atoms with Gasteiger partial charge in [-0.2, -0.15) is 0 Å². The summed E-state index contributed by atoms with van der Waals surface area (Å²) >= 11 is 0. The van der Waals surface area contributed by atoms with Gasteiger partial charge in [-0.3, -0.25) is 0 Å². The van der Waals surface area contributed by atoms with Gasteiger partial charge in [-0.05, 0) is 38.4 Å². The van der Waals surface area contributed by atoms with Gasteiger partial charge in [-0.15, -0.1) is 0 Å². The van der Waals surface area contributed by atoms with Crippen LogP contribution in [0.25, 0.3) is 0 Å². The molecule has 12 heavy (non-hydrogen) atoms. The molecule has 0 saturated heterocycles. The lowest BCUT2D eigenvalue weighted by Crippen LogP contribution is -2.14. The van der Waals surface area contributed by atoms with Gasteiger partial charge in [0.15, 0.2) is 0 Å². The van der Waals surface area contributed by atoms with E-state index in [2.05, 4.69) is 0 Å². The van der Waals surface area contributed by atoms with Crippen molar-refractivity contribution >= 4 is 0 Å². The second kappa shape index (κ2) is 3.74. The highest BCUT2D eigenvalue weighted by Crippen LogP contribution is 2.19. The van der Waals surface area contributed by atoms with E-state index in [0.29, 0.717) is 6.54 Å². The maximum Gasteiger partial charge on any atom is 0.121 e. The van der Waals surface area contributed by atoms with Crippen molar-refractivity contribution in [3.05, 3.63) is 23.2 Å². The third-order valence-corrected chi connectivity index (χ3v) is 2.03. The number of hydrogen-bond acceptors (Lipinski definition) is 3. The van der Waals surface area contributed by atoms with E-state index >= 15 is 0 Å². The summed E-state index contributed by atoms with van der Waals surface area (Å²) in [6.45, 7) is 4.55. The van der Waals surface area contributed by atoms with Gasteiger partial charge >= 0.3 is 0 Å². The van der Waals surface area contributed by atoms with E-state index < -0.39 is 0 Å². The summed E-state index contributed by atoms with van der Waals surface area (Å²) in [6.07, 6.45) is 0.770. The summed E-state index contributed by atoms with van der Waals surface area (Å²) in [5, 5.41) is 0. The maximum absolute atomic E-state index is 5.81. The van der Waals surface area contributed by atoms with Crippen LogP contribution in [0.5, 0.6) is 0 Å². The largest absolute Gasteiger partial charge is 0.464 e. The summed E-state index contributed by atoms with van der Waals surface area (Å²) in [5.41, 5.74) is 12.4. The van der Waals surface area contributed by atoms with Crippen molar-refractivity contribution in [1.82, 2.24) is 0 Å². The van der Waals surface area contributed by atoms with E-state index in [9.17, 15) is 0 Å². The SMILES string of the molecule is Cc1cc([C@H](N)CCN)oc1C. The third-order valence-electron chi connectivity index (χ3n) is 2.03. The van der Waals surface area contributed by atoms with Crippen molar-refractivity contribution in [1.29, 1.82) is 0 Å². The highest BCUT2D eigenvalue weighted by molar-refractivity contribution is 5.20. The van der Waals surface area contributed by atoms with Crippen LogP contribution in [-0.2, 0) is 0 Å². The van der Waals surface area contributed by atoms with Crippen molar-refractivity contribution in [3.8, 4) is 0 Å². The second-order valence-corrected chi connectivity index (χ2v) is 3.07. The predicted molar refractivity (Wildman–Crippen MR) is 48.8 cm³/mol. The van der Waals surface area contributed by atoms with Gasteiger partial charge < -0.3 is 15.9 Å². The molecule has 4 N–H and O–H groups in total. The molecule has 0 unspecified atom stereocenters. The molecule has 0 fully saturated rings. The van der Waals surface area contributed by atoms with E-state index in [4.69, 9.17) is 15.9 Å². The zero-order valence-corrected chi connectivity index (χ0v) is 7.63. The molecule has 0 radical (unpaired) electrons. The Hall–Kier alpha value is -0.800. The molecule has 0 spiro atoms. The zero-order valence-electron chi connectivity index (χ0n) is 7.63. The van der Waals surface area contributed by atoms with Crippen LogP contribution in [0.3, 0.4) is 0 Å². The first-order valence-corrected chi connectivity index (χ1v) is 4.17. The lowest BCUT2D eigenvalue weighted by atomic mass is 10.1. The molecule has 0 bridgehead atoms. The van der Waals surface area contributed by atoms with Crippen LogP contribution < -0.4 is 11.5 Å². The normalized spacial score (nSPS) is 13.3. The fourth-order valence-corrected chi connectivity index (χ4v) is 1.11. The van der Waals surface area contributed by atoms with Gasteiger partial charge in [0.2, 0.25) is 0 Å². The van der Waals surface area contributed by atoms with Crippen LogP contribution in [0.1, 0.15) is 29.5 Å². The van der Waals surface area contributed by atoms with Gasteiger partial charge in [-0.25, -0.2) is 0 Å². The molecule has 0 aliphatic rings. The summed E-state index contributed by atoms with van der Waals surface area (Å²) < 4.78 is 5.45. The summed E-state index contributed by atoms with van der Waals surface area (Å²) in [6, 6.07) is 1.93. The lowest BCUT2D eigenvalue weighted by Gasteiger charge is -2.05. The molecule has 1 heterocycles. The number of aryl methyl sites for hydroxylation is 2. The number of rotatable bonds is 3. The minimum Gasteiger partial charge on any atom is -0.464 e. The Labute approximate surface area is 72.7 Å². The van der Waals surface area contributed by atoms with Crippen molar-refractivity contribution in [3.63, 3.8) is 0 Å².